The number of hydrogen-bond acceptors (Lipinski definition) is 4. The van der Waals surface area contributed by atoms with Crippen LogP contribution in [0, 0.1) is 6.92 Å². The van der Waals surface area contributed by atoms with Gasteiger partial charge in [0, 0.05) is 17.3 Å². The van der Waals surface area contributed by atoms with Gasteiger partial charge in [0.15, 0.2) is 6.61 Å². The van der Waals surface area contributed by atoms with Crippen LogP contribution in [0.5, 0.6) is 11.5 Å². The first kappa shape index (κ1) is 19.8. The Morgan fingerprint density at radius 1 is 1.23 bits per heavy atom. The van der Waals surface area contributed by atoms with Gasteiger partial charge in [-0.1, -0.05) is 24.3 Å². The Morgan fingerprint density at radius 2 is 2.07 bits per heavy atom. The largest absolute Gasteiger partial charge is 0.508 e. The summed E-state index contributed by atoms with van der Waals surface area (Å²) in [5, 5.41) is 18.4. The Labute approximate surface area is 175 Å². The van der Waals surface area contributed by atoms with Crippen molar-refractivity contribution in [3.05, 3.63) is 65.2 Å². The first-order valence-electron chi connectivity index (χ1n) is 10.1. The van der Waals surface area contributed by atoms with Crippen LogP contribution in [-0.4, -0.2) is 29.7 Å². The maximum atomic E-state index is 12.2. The topological polar surface area (TPSA) is 99.7 Å². The van der Waals surface area contributed by atoms with E-state index in [0.717, 1.165) is 36.0 Å². The van der Waals surface area contributed by atoms with Gasteiger partial charge in [-0.25, -0.2) is 4.79 Å². The van der Waals surface area contributed by atoms with Gasteiger partial charge in [0.1, 0.15) is 11.5 Å². The van der Waals surface area contributed by atoms with Gasteiger partial charge in [0.25, 0.3) is 5.91 Å². The number of carbonyl (C=O) groups excluding carboxylic acids is 2. The number of nitrogens with one attached hydrogen (secondary N) is 3. The van der Waals surface area contributed by atoms with E-state index in [4.69, 9.17) is 4.74 Å². The number of aryl methyl sites for hydroxylation is 1. The van der Waals surface area contributed by atoms with Gasteiger partial charge in [-0.05, 0) is 61.6 Å². The van der Waals surface area contributed by atoms with E-state index < -0.39 is 0 Å². The van der Waals surface area contributed by atoms with Gasteiger partial charge >= 0.3 is 6.03 Å². The molecule has 1 aliphatic heterocycles. The number of ether oxygens (including phenoxy) is 1. The van der Waals surface area contributed by atoms with Gasteiger partial charge in [0.05, 0.1) is 6.04 Å². The SMILES string of the molecule is Cc1cc(C2C=C(c3cccc(OCC(=O)NC4CCC4)c3)NC(=O)N2)ccc1O. The lowest BCUT2D eigenvalue weighted by molar-refractivity contribution is -0.124. The molecule has 156 valence electrons. The monoisotopic (exact) mass is 407 g/mol. The summed E-state index contributed by atoms with van der Waals surface area (Å²) < 4.78 is 5.64. The predicted octanol–water partition coefficient (Wildman–Crippen LogP) is 3.14. The van der Waals surface area contributed by atoms with E-state index in [9.17, 15) is 14.7 Å². The van der Waals surface area contributed by atoms with Crippen molar-refractivity contribution in [3.63, 3.8) is 0 Å². The van der Waals surface area contributed by atoms with Gasteiger partial charge in [-0.15, -0.1) is 0 Å². The molecule has 2 aliphatic rings. The maximum absolute atomic E-state index is 12.2. The van der Waals surface area contributed by atoms with Crippen LogP contribution in [0.15, 0.2) is 48.5 Å². The highest BCUT2D eigenvalue weighted by Gasteiger charge is 2.22. The second kappa shape index (κ2) is 8.49. The van der Waals surface area contributed by atoms with Crippen molar-refractivity contribution in [3.8, 4) is 11.5 Å². The van der Waals surface area contributed by atoms with Gasteiger partial charge in [-0.3, -0.25) is 4.79 Å². The van der Waals surface area contributed by atoms with E-state index in [2.05, 4.69) is 16.0 Å². The van der Waals surface area contributed by atoms with Crippen molar-refractivity contribution in [1.29, 1.82) is 0 Å². The lowest BCUT2D eigenvalue weighted by atomic mass is 9.93. The molecule has 0 saturated heterocycles. The molecule has 7 nitrogen and oxygen atoms in total. The molecule has 3 amide bonds. The van der Waals surface area contributed by atoms with E-state index in [0.29, 0.717) is 11.4 Å². The Bertz CT molecular complexity index is 998. The first-order valence-corrected chi connectivity index (χ1v) is 10.1. The van der Waals surface area contributed by atoms with Gasteiger partial charge < -0.3 is 25.8 Å². The van der Waals surface area contributed by atoms with Crippen LogP contribution in [0.25, 0.3) is 5.70 Å². The molecule has 0 radical (unpaired) electrons. The number of rotatable bonds is 6. The molecular weight excluding hydrogens is 382 g/mol. The third-order valence-electron chi connectivity index (χ3n) is 5.43. The highest BCUT2D eigenvalue weighted by atomic mass is 16.5. The summed E-state index contributed by atoms with van der Waals surface area (Å²) in [7, 11) is 0. The molecule has 4 rings (SSSR count). The van der Waals surface area contributed by atoms with Crippen molar-refractivity contribution in [2.24, 2.45) is 0 Å². The molecule has 1 aliphatic carbocycles. The number of benzene rings is 2. The predicted molar refractivity (Wildman–Crippen MR) is 113 cm³/mol. The van der Waals surface area contributed by atoms with Crippen molar-refractivity contribution in [1.82, 2.24) is 16.0 Å². The van der Waals surface area contributed by atoms with Crippen molar-refractivity contribution in [2.45, 2.75) is 38.3 Å². The lowest BCUT2D eigenvalue weighted by Crippen LogP contribution is -2.41. The van der Waals surface area contributed by atoms with Crippen molar-refractivity contribution < 1.29 is 19.4 Å². The number of phenolic OH excluding ortho intramolecular Hbond substituents is 1. The molecule has 1 fully saturated rings. The zero-order chi connectivity index (χ0) is 21.1. The smallest absolute Gasteiger partial charge is 0.319 e. The minimum Gasteiger partial charge on any atom is -0.508 e. The van der Waals surface area contributed by atoms with Crippen LogP contribution < -0.4 is 20.7 Å². The Hall–Kier alpha value is -3.48. The van der Waals surface area contributed by atoms with Crippen LogP contribution in [-0.2, 0) is 4.79 Å². The summed E-state index contributed by atoms with van der Waals surface area (Å²) in [5.41, 5.74) is 3.05. The third kappa shape index (κ3) is 4.56. The minimum absolute atomic E-state index is 0.0394. The molecule has 30 heavy (non-hydrogen) atoms. The molecule has 1 unspecified atom stereocenters. The molecule has 4 N–H and O–H groups in total. The molecule has 1 saturated carbocycles. The molecule has 7 heteroatoms. The normalized spacial score (nSPS) is 18.5. The van der Waals surface area contributed by atoms with Crippen molar-refractivity contribution >= 4 is 17.6 Å². The van der Waals surface area contributed by atoms with E-state index in [1.54, 1.807) is 24.3 Å². The Balaban J connectivity index is 1.48. The zero-order valence-corrected chi connectivity index (χ0v) is 16.8. The van der Waals surface area contributed by atoms with Gasteiger partial charge in [-0.2, -0.15) is 0 Å². The zero-order valence-electron chi connectivity index (χ0n) is 16.8. The molecule has 0 bridgehead atoms. The van der Waals surface area contributed by atoms with Crippen molar-refractivity contribution in [2.75, 3.05) is 6.61 Å². The standard InChI is InChI=1S/C23H25N3O4/c1-14-10-16(8-9-21(14)27)20-12-19(25-23(29)26-20)15-4-2-7-18(11-15)30-13-22(28)24-17-5-3-6-17/h2,4,7-12,17,20,27H,3,5-6,13H2,1H3,(H,24,28)(H2,25,26,29). The molecule has 0 spiro atoms. The lowest BCUT2D eigenvalue weighted by Gasteiger charge is -2.26. The van der Waals surface area contributed by atoms with Crippen LogP contribution in [0.4, 0.5) is 4.79 Å². The van der Waals surface area contributed by atoms with E-state index in [1.807, 2.05) is 31.2 Å². The fraction of sp³-hybridized carbons (Fsp3) is 0.304. The minimum atomic E-state index is -0.328. The third-order valence-corrected chi connectivity index (χ3v) is 5.43. The molecule has 2 aromatic carbocycles. The second-order valence-corrected chi connectivity index (χ2v) is 7.71. The molecular formula is C23H25N3O4. The number of carbonyl (C=O) groups is 2. The molecule has 1 heterocycles. The summed E-state index contributed by atoms with van der Waals surface area (Å²) in [6, 6.07) is 12.2. The molecule has 1 atom stereocenters. The Morgan fingerprint density at radius 3 is 2.80 bits per heavy atom. The molecule has 2 aromatic rings. The number of phenols is 1. The summed E-state index contributed by atoms with van der Waals surface area (Å²) in [5.74, 6) is 0.652. The highest BCUT2D eigenvalue weighted by Crippen LogP contribution is 2.28. The number of urea groups is 1. The number of aromatic hydroxyl groups is 1. The fourth-order valence-corrected chi connectivity index (χ4v) is 3.49. The van der Waals surface area contributed by atoms with Gasteiger partial charge in [0.2, 0.25) is 0 Å². The van der Waals surface area contributed by atoms with E-state index in [1.165, 1.54) is 0 Å². The quantitative estimate of drug-likeness (QED) is 0.591. The average molecular weight is 407 g/mol. The highest BCUT2D eigenvalue weighted by molar-refractivity contribution is 5.88. The summed E-state index contributed by atoms with van der Waals surface area (Å²) in [6.07, 6.45) is 5.14. The van der Waals surface area contributed by atoms with Crippen LogP contribution in [0.3, 0.4) is 0 Å². The first-order chi connectivity index (χ1) is 14.5. The Kier molecular flexibility index (Phi) is 5.61. The van der Waals surface area contributed by atoms with E-state index in [-0.39, 0.29) is 36.4 Å². The van der Waals surface area contributed by atoms with Crippen LogP contribution >= 0.6 is 0 Å². The summed E-state index contributed by atoms with van der Waals surface area (Å²) in [6.45, 7) is 1.77. The molecule has 0 aromatic heterocycles. The summed E-state index contributed by atoms with van der Waals surface area (Å²) >= 11 is 0. The van der Waals surface area contributed by atoms with Crippen LogP contribution in [0.1, 0.15) is 42.0 Å². The van der Waals surface area contributed by atoms with E-state index >= 15 is 0 Å². The maximum Gasteiger partial charge on any atom is 0.319 e. The number of hydrogen-bond donors (Lipinski definition) is 4. The fourth-order valence-electron chi connectivity index (χ4n) is 3.49. The summed E-state index contributed by atoms with van der Waals surface area (Å²) in [4.78, 5) is 24.2. The average Bonchev–Trinajstić information content (AvgIpc) is 2.71. The van der Waals surface area contributed by atoms with Crippen LogP contribution in [0.2, 0.25) is 0 Å². The second-order valence-electron chi connectivity index (χ2n) is 7.71. The number of amides is 3.